The second kappa shape index (κ2) is 4.98. The molecule has 1 rings (SSSR count). The van der Waals surface area contributed by atoms with E-state index in [1.54, 1.807) is 18.2 Å². The first-order chi connectivity index (χ1) is 6.63. The number of hydrogen-bond donors (Lipinski definition) is 1. The molecule has 0 radical (unpaired) electrons. The van der Waals surface area contributed by atoms with Gasteiger partial charge in [-0.15, -0.1) is 0 Å². The van der Waals surface area contributed by atoms with Crippen LogP contribution < -0.4 is 4.74 Å². The molecule has 0 bridgehead atoms. The zero-order chi connectivity index (χ0) is 10.6. The summed E-state index contributed by atoms with van der Waals surface area (Å²) in [5.41, 5.74) is 0.864. The molecule has 1 aromatic rings. The molecule has 0 aliphatic carbocycles. The van der Waals surface area contributed by atoms with Gasteiger partial charge in [0.15, 0.2) is 5.78 Å². The Balaban J connectivity index is 2.63. The van der Waals surface area contributed by atoms with Crippen LogP contribution in [0.1, 0.15) is 5.56 Å². The van der Waals surface area contributed by atoms with Crippen LogP contribution in [0.4, 0.5) is 0 Å². The van der Waals surface area contributed by atoms with Crippen molar-refractivity contribution in [1.29, 1.82) is 0 Å². The van der Waals surface area contributed by atoms with Crippen LogP contribution in [0.2, 0.25) is 5.02 Å². The van der Waals surface area contributed by atoms with E-state index in [1.807, 2.05) is 6.92 Å². The minimum absolute atomic E-state index is 0.112. The largest absolute Gasteiger partial charge is 0.485 e. The number of rotatable bonds is 4. The summed E-state index contributed by atoms with van der Waals surface area (Å²) in [5.74, 6) is 0.260. The number of benzene rings is 1. The average molecular weight is 215 g/mol. The standard InChI is InChI=1S/C10H11ClO3/c1-7-4-8(11)2-3-10(7)14-6-9(13)5-12/h2-4,12H,5-6H2,1H3. The van der Waals surface area contributed by atoms with Crippen molar-refractivity contribution in [2.45, 2.75) is 6.92 Å². The molecule has 0 saturated heterocycles. The summed E-state index contributed by atoms with van der Waals surface area (Å²) in [6.45, 7) is 1.23. The maximum atomic E-state index is 10.8. The Kier molecular flexibility index (Phi) is 3.92. The van der Waals surface area contributed by atoms with Gasteiger partial charge in [-0.05, 0) is 30.7 Å². The van der Waals surface area contributed by atoms with Crippen molar-refractivity contribution < 1.29 is 14.6 Å². The highest BCUT2D eigenvalue weighted by atomic mass is 35.5. The molecule has 1 aromatic carbocycles. The molecule has 1 N–H and O–H groups in total. The molecule has 3 nitrogen and oxygen atoms in total. The number of aliphatic hydroxyl groups excluding tert-OH is 1. The predicted octanol–water partition coefficient (Wildman–Crippen LogP) is 1.59. The second-order valence-electron chi connectivity index (χ2n) is 2.90. The lowest BCUT2D eigenvalue weighted by molar-refractivity contribution is -0.123. The normalized spacial score (nSPS) is 9.93. The number of ether oxygens (including phenoxy) is 1. The summed E-state index contributed by atoms with van der Waals surface area (Å²) in [5, 5.41) is 9.10. The van der Waals surface area contributed by atoms with Gasteiger partial charge in [-0.2, -0.15) is 0 Å². The van der Waals surface area contributed by atoms with Crippen molar-refractivity contribution in [1.82, 2.24) is 0 Å². The van der Waals surface area contributed by atoms with Crippen molar-refractivity contribution in [3.63, 3.8) is 0 Å². The van der Waals surface area contributed by atoms with Crippen LogP contribution in [0.15, 0.2) is 18.2 Å². The van der Waals surface area contributed by atoms with E-state index in [2.05, 4.69) is 0 Å². The fraction of sp³-hybridized carbons (Fsp3) is 0.300. The van der Waals surface area contributed by atoms with Crippen LogP contribution in [-0.4, -0.2) is 24.1 Å². The van der Waals surface area contributed by atoms with E-state index < -0.39 is 6.61 Å². The summed E-state index contributed by atoms with van der Waals surface area (Å²) >= 11 is 5.74. The number of carbonyl (C=O) groups excluding carboxylic acids is 1. The molecule has 0 spiro atoms. The first-order valence-corrected chi connectivity index (χ1v) is 4.53. The van der Waals surface area contributed by atoms with Crippen LogP contribution in [0, 0.1) is 6.92 Å². The first kappa shape index (κ1) is 11.0. The van der Waals surface area contributed by atoms with Gasteiger partial charge in [-0.3, -0.25) is 4.79 Å². The van der Waals surface area contributed by atoms with E-state index >= 15 is 0 Å². The minimum atomic E-state index is -0.493. The van der Waals surface area contributed by atoms with Gasteiger partial charge in [0.1, 0.15) is 19.0 Å². The molecule has 76 valence electrons. The molecule has 0 atom stereocenters. The highest BCUT2D eigenvalue weighted by Gasteiger charge is 2.03. The Bertz CT molecular complexity index is 336. The molecule has 0 unspecified atom stereocenters. The van der Waals surface area contributed by atoms with Gasteiger partial charge in [0.25, 0.3) is 0 Å². The number of carbonyl (C=O) groups is 1. The molecule has 14 heavy (non-hydrogen) atoms. The van der Waals surface area contributed by atoms with Crippen LogP contribution in [0.25, 0.3) is 0 Å². The quantitative estimate of drug-likeness (QED) is 0.828. The fourth-order valence-corrected chi connectivity index (χ4v) is 1.21. The summed E-state index contributed by atoms with van der Waals surface area (Å²) < 4.78 is 5.18. The Morgan fingerprint density at radius 3 is 2.86 bits per heavy atom. The first-order valence-electron chi connectivity index (χ1n) is 4.15. The third kappa shape index (κ3) is 3.01. The maximum Gasteiger partial charge on any atom is 0.195 e. The zero-order valence-electron chi connectivity index (χ0n) is 7.79. The molecular formula is C10H11ClO3. The third-order valence-electron chi connectivity index (χ3n) is 1.70. The van der Waals surface area contributed by atoms with E-state index in [-0.39, 0.29) is 12.4 Å². The van der Waals surface area contributed by atoms with Crippen LogP contribution in [0.5, 0.6) is 5.75 Å². The van der Waals surface area contributed by atoms with Gasteiger partial charge in [-0.25, -0.2) is 0 Å². The van der Waals surface area contributed by atoms with Crippen molar-refractivity contribution in [2.75, 3.05) is 13.2 Å². The number of aryl methyl sites for hydroxylation is 1. The smallest absolute Gasteiger partial charge is 0.195 e. The Morgan fingerprint density at radius 1 is 1.57 bits per heavy atom. The average Bonchev–Trinajstić information content (AvgIpc) is 2.16. The number of halogens is 1. The number of ketones is 1. The van der Waals surface area contributed by atoms with Crippen LogP contribution in [-0.2, 0) is 4.79 Å². The lowest BCUT2D eigenvalue weighted by atomic mass is 10.2. The molecule has 0 amide bonds. The molecule has 0 saturated carbocycles. The van der Waals surface area contributed by atoms with Gasteiger partial charge in [0.2, 0.25) is 0 Å². The summed E-state index contributed by atoms with van der Waals surface area (Å²) in [6, 6.07) is 5.13. The Labute approximate surface area is 87.3 Å². The highest BCUT2D eigenvalue weighted by Crippen LogP contribution is 2.21. The lowest BCUT2D eigenvalue weighted by Gasteiger charge is -2.07. The second-order valence-corrected chi connectivity index (χ2v) is 3.33. The monoisotopic (exact) mass is 214 g/mol. The van der Waals surface area contributed by atoms with E-state index in [9.17, 15) is 4.79 Å². The lowest BCUT2D eigenvalue weighted by Crippen LogP contribution is -2.15. The molecule has 0 aliphatic rings. The Hall–Kier alpha value is -1.06. The number of hydrogen-bond acceptors (Lipinski definition) is 3. The van der Waals surface area contributed by atoms with Gasteiger partial charge in [-0.1, -0.05) is 11.6 Å². The van der Waals surface area contributed by atoms with Gasteiger partial charge >= 0.3 is 0 Å². The van der Waals surface area contributed by atoms with E-state index in [0.29, 0.717) is 10.8 Å². The molecule has 0 heterocycles. The molecular weight excluding hydrogens is 204 g/mol. The van der Waals surface area contributed by atoms with E-state index in [1.165, 1.54) is 0 Å². The summed E-state index contributed by atoms with van der Waals surface area (Å²) in [6.07, 6.45) is 0. The van der Waals surface area contributed by atoms with Gasteiger partial charge < -0.3 is 9.84 Å². The summed E-state index contributed by atoms with van der Waals surface area (Å²) in [7, 11) is 0. The van der Waals surface area contributed by atoms with E-state index in [0.717, 1.165) is 5.56 Å². The minimum Gasteiger partial charge on any atom is -0.485 e. The predicted molar refractivity (Wildman–Crippen MR) is 53.8 cm³/mol. The van der Waals surface area contributed by atoms with Crippen molar-refractivity contribution in [3.8, 4) is 5.75 Å². The van der Waals surface area contributed by atoms with Crippen molar-refractivity contribution >= 4 is 17.4 Å². The zero-order valence-corrected chi connectivity index (χ0v) is 8.54. The Morgan fingerprint density at radius 2 is 2.29 bits per heavy atom. The van der Waals surface area contributed by atoms with Crippen LogP contribution >= 0.6 is 11.6 Å². The van der Waals surface area contributed by atoms with Crippen molar-refractivity contribution in [2.24, 2.45) is 0 Å². The maximum absolute atomic E-state index is 10.8. The summed E-state index contributed by atoms with van der Waals surface area (Å²) in [4.78, 5) is 10.8. The number of aliphatic hydroxyl groups is 1. The molecule has 0 aliphatic heterocycles. The molecule has 4 heteroatoms. The van der Waals surface area contributed by atoms with E-state index in [4.69, 9.17) is 21.4 Å². The topological polar surface area (TPSA) is 46.5 Å². The van der Waals surface area contributed by atoms with Crippen LogP contribution in [0.3, 0.4) is 0 Å². The fourth-order valence-electron chi connectivity index (χ4n) is 0.979. The highest BCUT2D eigenvalue weighted by molar-refractivity contribution is 6.30. The SMILES string of the molecule is Cc1cc(Cl)ccc1OCC(=O)CO. The number of Topliss-reactive ketones (excluding diaryl/α,β-unsaturated/α-hetero) is 1. The molecule has 0 fully saturated rings. The van der Waals surface area contributed by atoms with Gasteiger partial charge in [0, 0.05) is 5.02 Å². The molecule has 0 aromatic heterocycles. The van der Waals surface area contributed by atoms with Gasteiger partial charge in [0.05, 0.1) is 0 Å². The third-order valence-corrected chi connectivity index (χ3v) is 1.94. The van der Waals surface area contributed by atoms with Crippen molar-refractivity contribution in [3.05, 3.63) is 28.8 Å².